The molecule has 0 amide bonds. The highest BCUT2D eigenvalue weighted by Gasteiger charge is 2.19. The number of ketones is 1. The van der Waals surface area contributed by atoms with Gasteiger partial charge in [0.2, 0.25) is 0 Å². The first-order chi connectivity index (χ1) is 5.34. The van der Waals surface area contributed by atoms with Gasteiger partial charge < -0.3 is 0 Å². The Balaban J connectivity index is 2.27. The van der Waals surface area contributed by atoms with Gasteiger partial charge in [-0.05, 0) is 12.8 Å². The van der Waals surface area contributed by atoms with Gasteiger partial charge in [0.25, 0.3) is 0 Å². The maximum Gasteiger partial charge on any atom is 0.137 e. The second-order valence-corrected chi connectivity index (χ2v) is 3.30. The number of carbonyl (C=O) groups excluding carboxylic acids is 1. The molecule has 0 aliphatic heterocycles. The molecule has 0 aromatic carbocycles. The summed E-state index contributed by atoms with van der Waals surface area (Å²) >= 11 is 0. The first-order valence-corrected chi connectivity index (χ1v) is 4.52. The van der Waals surface area contributed by atoms with E-state index in [0.29, 0.717) is 18.1 Å². The molecular formula is C9H16NO. The Bertz CT molecular complexity index is 128. The van der Waals surface area contributed by atoms with Crippen molar-refractivity contribution in [3.05, 3.63) is 0 Å². The third kappa shape index (κ3) is 2.62. The van der Waals surface area contributed by atoms with Crippen LogP contribution in [0.4, 0.5) is 0 Å². The van der Waals surface area contributed by atoms with Crippen molar-refractivity contribution in [1.82, 2.24) is 5.73 Å². The van der Waals surface area contributed by atoms with Crippen LogP contribution in [0.1, 0.15) is 38.5 Å². The predicted octanol–water partition coefficient (Wildman–Crippen LogP) is 1.81. The van der Waals surface area contributed by atoms with E-state index in [-0.39, 0.29) is 6.54 Å². The molecule has 0 aromatic heterocycles. The van der Waals surface area contributed by atoms with E-state index in [1.807, 2.05) is 0 Å². The second kappa shape index (κ2) is 4.50. The fraction of sp³-hybridized carbons (Fsp3) is 0.889. The summed E-state index contributed by atoms with van der Waals surface area (Å²) in [6.45, 7) is 0.273. The molecule has 1 rings (SSSR count). The van der Waals surface area contributed by atoms with Crippen molar-refractivity contribution in [2.75, 3.05) is 6.54 Å². The Hall–Kier alpha value is -0.370. The number of Topliss-reactive ketones (excluding diaryl/α,β-unsaturated/α-hetero) is 1. The first-order valence-electron chi connectivity index (χ1n) is 4.52. The lowest BCUT2D eigenvalue weighted by molar-refractivity contribution is -0.123. The zero-order valence-corrected chi connectivity index (χ0v) is 6.94. The van der Waals surface area contributed by atoms with E-state index >= 15 is 0 Å². The second-order valence-electron chi connectivity index (χ2n) is 3.30. The maximum atomic E-state index is 11.3. The topological polar surface area (TPSA) is 40.9 Å². The van der Waals surface area contributed by atoms with Crippen LogP contribution >= 0.6 is 0 Å². The lowest BCUT2D eigenvalue weighted by Crippen LogP contribution is -2.18. The van der Waals surface area contributed by atoms with Gasteiger partial charge in [-0.2, -0.15) is 0 Å². The van der Waals surface area contributed by atoms with Gasteiger partial charge in [-0.3, -0.25) is 10.5 Å². The number of hydrogen-bond donors (Lipinski definition) is 0. The molecule has 0 bridgehead atoms. The van der Waals surface area contributed by atoms with Gasteiger partial charge >= 0.3 is 0 Å². The average Bonchev–Trinajstić information content (AvgIpc) is 2.07. The van der Waals surface area contributed by atoms with Crippen LogP contribution < -0.4 is 5.73 Å². The molecule has 0 saturated heterocycles. The first kappa shape index (κ1) is 8.72. The van der Waals surface area contributed by atoms with E-state index in [1.54, 1.807) is 0 Å². The molecule has 0 spiro atoms. The monoisotopic (exact) mass is 154 g/mol. The van der Waals surface area contributed by atoms with Gasteiger partial charge in [0.05, 0.1) is 0 Å². The fourth-order valence-corrected chi connectivity index (χ4v) is 1.75. The molecule has 0 aromatic rings. The zero-order chi connectivity index (χ0) is 8.10. The lowest BCUT2D eigenvalue weighted by Gasteiger charge is -2.19. The van der Waals surface area contributed by atoms with Gasteiger partial charge in [-0.15, -0.1) is 0 Å². The SMILES string of the molecule is [NH]CCC(=O)C1CCCCC1. The van der Waals surface area contributed by atoms with E-state index in [1.165, 1.54) is 19.3 Å². The van der Waals surface area contributed by atoms with Crippen molar-refractivity contribution in [1.29, 1.82) is 0 Å². The number of nitrogens with one attached hydrogen (secondary N) is 1. The highest BCUT2D eigenvalue weighted by molar-refractivity contribution is 5.81. The summed E-state index contributed by atoms with van der Waals surface area (Å²) < 4.78 is 0. The summed E-state index contributed by atoms with van der Waals surface area (Å²) in [5.41, 5.74) is 6.93. The molecule has 1 aliphatic carbocycles. The predicted molar refractivity (Wildman–Crippen MR) is 44.2 cm³/mol. The maximum absolute atomic E-state index is 11.3. The van der Waals surface area contributed by atoms with E-state index < -0.39 is 0 Å². The minimum absolute atomic E-state index is 0.273. The molecule has 1 N–H and O–H groups in total. The quantitative estimate of drug-likeness (QED) is 0.611. The van der Waals surface area contributed by atoms with Crippen LogP contribution in [0.15, 0.2) is 0 Å². The fourth-order valence-electron chi connectivity index (χ4n) is 1.75. The molecule has 1 saturated carbocycles. The Morgan fingerprint density at radius 1 is 1.27 bits per heavy atom. The largest absolute Gasteiger partial charge is 0.299 e. The van der Waals surface area contributed by atoms with Crippen LogP contribution in [0.3, 0.4) is 0 Å². The van der Waals surface area contributed by atoms with Crippen LogP contribution in [-0.4, -0.2) is 12.3 Å². The van der Waals surface area contributed by atoms with Gasteiger partial charge in [-0.1, -0.05) is 19.3 Å². The molecule has 63 valence electrons. The normalized spacial score (nSPS) is 20.1. The van der Waals surface area contributed by atoms with Crippen molar-refractivity contribution >= 4 is 5.78 Å². The molecular weight excluding hydrogens is 138 g/mol. The Morgan fingerprint density at radius 2 is 1.91 bits per heavy atom. The summed E-state index contributed by atoms with van der Waals surface area (Å²) in [6.07, 6.45) is 6.37. The lowest BCUT2D eigenvalue weighted by atomic mass is 9.85. The minimum atomic E-state index is 0.273. The summed E-state index contributed by atoms with van der Waals surface area (Å²) in [5.74, 6) is 0.647. The van der Waals surface area contributed by atoms with E-state index in [2.05, 4.69) is 0 Å². The third-order valence-electron chi connectivity index (χ3n) is 2.43. The molecule has 1 aliphatic rings. The Morgan fingerprint density at radius 3 is 2.45 bits per heavy atom. The van der Waals surface area contributed by atoms with Crippen LogP contribution in [0.25, 0.3) is 0 Å². The van der Waals surface area contributed by atoms with Crippen LogP contribution in [0.5, 0.6) is 0 Å². The van der Waals surface area contributed by atoms with Crippen molar-refractivity contribution < 1.29 is 4.79 Å². The molecule has 2 heteroatoms. The summed E-state index contributed by atoms with van der Waals surface area (Å²) in [6, 6.07) is 0. The number of hydrogen-bond acceptors (Lipinski definition) is 1. The van der Waals surface area contributed by atoms with E-state index in [4.69, 9.17) is 5.73 Å². The van der Waals surface area contributed by atoms with Gasteiger partial charge in [0.1, 0.15) is 5.78 Å². The van der Waals surface area contributed by atoms with Crippen LogP contribution in [-0.2, 0) is 4.79 Å². The van der Waals surface area contributed by atoms with Crippen LogP contribution in [0, 0.1) is 5.92 Å². The summed E-state index contributed by atoms with van der Waals surface area (Å²) in [5, 5.41) is 0. The summed E-state index contributed by atoms with van der Waals surface area (Å²) in [4.78, 5) is 11.3. The van der Waals surface area contributed by atoms with Crippen molar-refractivity contribution in [2.24, 2.45) is 5.92 Å². The third-order valence-corrected chi connectivity index (χ3v) is 2.43. The highest BCUT2D eigenvalue weighted by atomic mass is 16.1. The van der Waals surface area contributed by atoms with Crippen molar-refractivity contribution in [3.8, 4) is 0 Å². The molecule has 11 heavy (non-hydrogen) atoms. The summed E-state index contributed by atoms with van der Waals surface area (Å²) in [7, 11) is 0. The zero-order valence-electron chi connectivity index (χ0n) is 6.94. The van der Waals surface area contributed by atoms with Gasteiger partial charge in [-0.25, -0.2) is 0 Å². The van der Waals surface area contributed by atoms with Crippen molar-refractivity contribution in [3.63, 3.8) is 0 Å². The number of rotatable bonds is 3. The smallest absolute Gasteiger partial charge is 0.137 e. The van der Waals surface area contributed by atoms with Crippen LogP contribution in [0.2, 0.25) is 0 Å². The molecule has 1 fully saturated rings. The molecule has 1 radical (unpaired) electrons. The molecule has 0 atom stereocenters. The standard InChI is InChI=1S/C9H16NO/c10-7-6-9(11)8-4-2-1-3-5-8/h8,10H,1-7H2. The average molecular weight is 154 g/mol. The minimum Gasteiger partial charge on any atom is -0.299 e. The Kier molecular flexibility index (Phi) is 3.57. The van der Waals surface area contributed by atoms with Gasteiger partial charge in [0.15, 0.2) is 0 Å². The van der Waals surface area contributed by atoms with E-state index in [0.717, 1.165) is 12.8 Å². The van der Waals surface area contributed by atoms with E-state index in [9.17, 15) is 4.79 Å². The Labute approximate surface area is 68.2 Å². The highest BCUT2D eigenvalue weighted by Crippen LogP contribution is 2.24. The van der Waals surface area contributed by atoms with Crippen molar-refractivity contribution in [2.45, 2.75) is 38.5 Å². The van der Waals surface area contributed by atoms with Gasteiger partial charge in [0, 0.05) is 18.9 Å². The number of carbonyl (C=O) groups is 1. The molecule has 0 heterocycles. The molecule has 2 nitrogen and oxygen atoms in total. The molecule has 0 unspecified atom stereocenters.